The zero-order valence-electron chi connectivity index (χ0n) is 15.1. The van der Waals surface area contributed by atoms with E-state index in [1.807, 2.05) is 6.07 Å². The highest BCUT2D eigenvalue weighted by Gasteiger charge is 2.35. The number of amides is 1. The van der Waals surface area contributed by atoms with Gasteiger partial charge in [-0.1, -0.05) is 37.1 Å². The first-order chi connectivity index (χ1) is 12.2. The van der Waals surface area contributed by atoms with Crippen molar-refractivity contribution < 1.29 is 9.53 Å². The number of hydrogen-bond acceptors (Lipinski definition) is 4. The van der Waals surface area contributed by atoms with Crippen LogP contribution < -0.4 is 11.1 Å². The molecule has 0 saturated carbocycles. The van der Waals surface area contributed by atoms with E-state index in [0.29, 0.717) is 32.6 Å². The van der Waals surface area contributed by atoms with Crippen molar-refractivity contribution in [1.82, 2.24) is 10.2 Å². The summed E-state index contributed by atoms with van der Waals surface area (Å²) in [5.41, 5.74) is 7.99. The van der Waals surface area contributed by atoms with Gasteiger partial charge in [0.05, 0.1) is 5.54 Å². The predicted octanol–water partition coefficient (Wildman–Crippen LogP) is 2.19. The minimum absolute atomic E-state index is 0.0552. The van der Waals surface area contributed by atoms with Crippen LogP contribution in [0, 0.1) is 0 Å². The Hall–Kier alpha value is -1.43. The lowest BCUT2D eigenvalue weighted by molar-refractivity contribution is -0.129. The zero-order valence-corrected chi connectivity index (χ0v) is 15.1. The van der Waals surface area contributed by atoms with Gasteiger partial charge in [0, 0.05) is 26.3 Å². The Morgan fingerprint density at radius 1 is 1.08 bits per heavy atom. The summed E-state index contributed by atoms with van der Waals surface area (Å²) in [4.78, 5) is 15.1. The normalized spacial score (nSPS) is 21.5. The van der Waals surface area contributed by atoms with Crippen LogP contribution in [0.3, 0.4) is 0 Å². The predicted molar refractivity (Wildman–Crippen MR) is 99.0 cm³/mol. The van der Waals surface area contributed by atoms with Crippen molar-refractivity contribution in [2.75, 3.05) is 26.3 Å². The summed E-state index contributed by atoms with van der Waals surface area (Å²) >= 11 is 0. The summed E-state index contributed by atoms with van der Waals surface area (Å²) < 4.78 is 5.33. The molecular weight excluding hydrogens is 314 g/mol. The molecule has 25 heavy (non-hydrogen) atoms. The fourth-order valence-electron chi connectivity index (χ4n) is 3.73. The lowest BCUT2D eigenvalue weighted by Gasteiger charge is -2.32. The Morgan fingerprint density at radius 3 is 2.40 bits per heavy atom. The first-order valence-corrected chi connectivity index (χ1v) is 9.61. The van der Waals surface area contributed by atoms with Crippen molar-refractivity contribution in [2.45, 2.75) is 57.2 Å². The van der Waals surface area contributed by atoms with Gasteiger partial charge in [0.2, 0.25) is 5.91 Å². The number of hydrogen-bond donors (Lipinski definition) is 2. The van der Waals surface area contributed by atoms with E-state index >= 15 is 0 Å². The van der Waals surface area contributed by atoms with Gasteiger partial charge in [-0.3, -0.25) is 9.69 Å². The molecule has 0 spiro atoms. The standard InChI is InChI=1S/C20H31N3O2/c21-20(9-13-25-14-10-20)19(24)22-15-17-7-3-4-8-18(17)16-23-11-5-1-2-6-12-23/h3-4,7-8H,1-2,5-6,9-16,21H2,(H,22,24). The molecule has 2 heterocycles. The first-order valence-electron chi connectivity index (χ1n) is 9.61. The summed E-state index contributed by atoms with van der Waals surface area (Å²) in [6, 6.07) is 8.42. The van der Waals surface area contributed by atoms with Gasteiger partial charge in [0.1, 0.15) is 0 Å². The van der Waals surface area contributed by atoms with E-state index in [4.69, 9.17) is 10.5 Å². The Bertz CT molecular complexity index is 562. The van der Waals surface area contributed by atoms with Crippen LogP contribution in [-0.4, -0.2) is 42.6 Å². The molecule has 0 radical (unpaired) electrons. The van der Waals surface area contributed by atoms with Crippen LogP contribution in [0.1, 0.15) is 49.7 Å². The fourth-order valence-corrected chi connectivity index (χ4v) is 3.73. The Kier molecular flexibility index (Phi) is 6.45. The number of nitrogens with one attached hydrogen (secondary N) is 1. The number of rotatable bonds is 5. The molecule has 3 rings (SSSR count). The smallest absolute Gasteiger partial charge is 0.240 e. The van der Waals surface area contributed by atoms with Crippen molar-refractivity contribution in [3.05, 3.63) is 35.4 Å². The molecule has 1 aromatic carbocycles. The van der Waals surface area contributed by atoms with E-state index in [2.05, 4.69) is 28.4 Å². The van der Waals surface area contributed by atoms with E-state index in [9.17, 15) is 4.79 Å². The molecule has 3 N–H and O–H groups in total. The quantitative estimate of drug-likeness (QED) is 0.858. The maximum absolute atomic E-state index is 12.5. The summed E-state index contributed by atoms with van der Waals surface area (Å²) in [6.45, 7) is 4.99. The summed E-state index contributed by atoms with van der Waals surface area (Å²) in [7, 11) is 0. The van der Waals surface area contributed by atoms with Gasteiger partial charge in [-0.25, -0.2) is 0 Å². The number of carbonyl (C=O) groups is 1. The highest BCUT2D eigenvalue weighted by Crippen LogP contribution is 2.19. The highest BCUT2D eigenvalue weighted by molar-refractivity contribution is 5.86. The molecule has 0 aliphatic carbocycles. The average Bonchev–Trinajstić information content (AvgIpc) is 2.90. The number of carbonyl (C=O) groups excluding carboxylic acids is 1. The van der Waals surface area contributed by atoms with Gasteiger partial charge in [0.25, 0.3) is 0 Å². The van der Waals surface area contributed by atoms with Gasteiger partial charge in [-0.15, -0.1) is 0 Å². The molecule has 2 fully saturated rings. The molecule has 138 valence electrons. The van der Waals surface area contributed by atoms with Crippen LogP contribution in [-0.2, 0) is 22.6 Å². The van der Waals surface area contributed by atoms with Gasteiger partial charge in [-0.05, 0) is 49.9 Å². The Balaban J connectivity index is 1.59. The Labute approximate surface area is 150 Å². The number of nitrogens with zero attached hydrogens (tertiary/aromatic N) is 1. The summed E-state index contributed by atoms with van der Waals surface area (Å²) in [5, 5.41) is 3.06. The van der Waals surface area contributed by atoms with Gasteiger partial charge < -0.3 is 15.8 Å². The number of ether oxygens (including phenoxy) is 1. The van der Waals surface area contributed by atoms with Crippen molar-refractivity contribution >= 4 is 5.91 Å². The van der Waals surface area contributed by atoms with Crippen molar-refractivity contribution in [3.63, 3.8) is 0 Å². The van der Waals surface area contributed by atoms with Crippen LogP contribution in [0.4, 0.5) is 0 Å². The average molecular weight is 345 g/mol. The van der Waals surface area contributed by atoms with E-state index < -0.39 is 5.54 Å². The van der Waals surface area contributed by atoms with E-state index in [1.54, 1.807) is 0 Å². The topological polar surface area (TPSA) is 67.6 Å². The van der Waals surface area contributed by atoms with Crippen molar-refractivity contribution in [2.24, 2.45) is 5.73 Å². The SMILES string of the molecule is NC1(C(=O)NCc2ccccc2CN2CCCCCC2)CCOCC1. The highest BCUT2D eigenvalue weighted by atomic mass is 16.5. The third kappa shape index (κ3) is 5.03. The minimum Gasteiger partial charge on any atom is -0.381 e. The number of benzene rings is 1. The summed E-state index contributed by atoms with van der Waals surface area (Å²) in [6.07, 6.45) is 6.45. The fraction of sp³-hybridized carbons (Fsp3) is 0.650. The molecule has 5 nitrogen and oxygen atoms in total. The second kappa shape index (κ2) is 8.79. The largest absolute Gasteiger partial charge is 0.381 e. The summed E-state index contributed by atoms with van der Waals surface area (Å²) in [5.74, 6) is -0.0552. The van der Waals surface area contributed by atoms with E-state index in [-0.39, 0.29) is 5.91 Å². The zero-order chi connectivity index (χ0) is 17.5. The first kappa shape index (κ1) is 18.4. The van der Waals surface area contributed by atoms with Gasteiger partial charge in [0.15, 0.2) is 0 Å². The molecule has 2 aliphatic rings. The van der Waals surface area contributed by atoms with Crippen molar-refractivity contribution in [1.29, 1.82) is 0 Å². The van der Waals surface area contributed by atoms with Gasteiger partial charge >= 0.3 is 0 Å². The second-order valence-electron chi connectivity index (χ2n) is 7.41. The Morgan fingerprint density at radius 2 is 1.72 bits per heavy atom. The molecule has 0 bridgehead atoms. The van der Waals surface area contributed by atoms with Crippen LogP contribution in [0.2, 0.25) is 0 Å². The molecule has 0 aromatic heterocycles. The van der Waals surface area contributed by atoms with Crippen LogP contribution in [0.5, 0.6) is 0 Å². The lowest BCUT2D eigenvalue weighted by Crippen LogP contribution is -2.56. The van der Waals surface area contributed by atoms with Crippen molar-refractivity contribution in [3.8, 4) is 0 Å². The molecule has 1 aromatic rings. The molecule has 1 amide bonds. The monoisotopic (exact) mass is 345 g/mol. The minimum atomic E-state index is -0.780. The third-order valence-electron chi connectivity index (χ3n) is 5.49. The molecule has 0 atom stereocenters. The second-order valence-corrected chi connectivity index (χ2v) is 7.41. The number of likely N-dealkylation sites (tertiary alicyclic amines) is 1. The maximum Gasteiger partial charge on any atom is 0.240 e. The molecule has 2 saturated heterocycles. The van der Waals surface area contributed by atoms with Crippen LogP contribution in [0.15, 0.2) is 24.3 Å². The van der Waals surface area contributed by atoms with E-state index in [1.165, 1.54) is 49.9 Å². The van der Waals surface area contributed by atoms with Gasteiger partial charge in [-0.2, -0.15) is 0 Å². The molecule has 0 unspecified atom stereocenters. The lowest BCUT2D eigenvalue weighted by atomic mass is 9.90. The number of nitrogens with two attached hydrogens (primary N) is 1. The van der Waals surface area contributed by atoms with Crippen LogP contribution >= 0.6 is 0 Å². The van der Waals surface area contributed by atoms with E-state index in [0.717, 1.165) is 6.54 Å². The molecule has 2 aliphatic heterocycles. The molecular formula is C20H31N3O2. The maximum atomic E-state index is 12.5. The molecule has 5 heteroatoms. The van der Waals surface area contributed by atoms with Crippen LogP contribution in [0.25, 0.3) is 0 Å². The third-order valence-corrected chi connectivity index (χ3v) is 5.49.